The topological polar surface area (TPSA) is 78.1 Å². The van der Waals surface area contributed by atoms with E-state index in [0.717, 1.165) is 12.1 Å². The average Bonchev–Trinajstić information content (AvgIpc) is 3.18. The molecule has 0 spiro atoms. The molecular weight excluding hydrogens is 325 g/mol. The number of amides is 2. The van der Waals surface area contributed by atoms with Crippen molar-refractivity contribution in [3.63, 3.8) is 0 Å². The molecule has 2 heterocycles. The van der Waals surface area contributed by atoms with Crippen molar-refractivity contribution in [1.29, 1.82) is 0 Å². The molecule has 1 aromatic heterocycles. The third-order valence-corrected chi connectivity index (χ3v) is 3.76. The minimum absolute atomic E-state index is 0.232. The van der Waals surface area contributed by atoms with Crippen molar-refractivity contribution in [2.24, 2.45) is 0 Å². The van der Waals surface area contributed by atoms with Crippen molar-refractivity contribution < 1.29 is 22.8 Å². The van der Waals surface area contributed by atoms with Crippen LogP contribution in [0.4, 0.5) is 18.9 Å². The predicted molar refractivity (Wildman–Crippen MR) is 78.3 cm³/mol. The van der Waals surface area contributed by atoms with Gasteiger partial charge in [-0.05, 0) is 36.8 Å². The van der Waals surface area contributed by atoms with Crippen LogP contribution in [0, 0.1) is 0 Å². The number of rotatable bonds is 3. The van der Waals surface area contributed by atoms with E-state index in [2.05, 4.69) is 15.5 Å². The van der Waals surface area contributed by atoms with Crippen LogP contribution in [0.3, 0.4) is 0 Å². The number of nitrogens with zero attached hydrogens (tertiary/aromatic N) is 2. The zero-order chi connectivity index (χ0) is 17.3. The summed E-state index contributed by atoms with van der Waals surface area (Å²) < 4.78 is 37.7. The lowest BCUT2D eigenvalue weighted by atomic mass is 10.2. The molecule has 1 aliphatic rings. The van der Waals surface area contributed by atoms with Crippen molar-refractivity contribution in [3.8, 4) is 0 Å². The van der Waals surface area contributed by atoms with Crippen LogP contribution in [-0.4, -0.2) is 34.6 Å². The largest absolute Gasteiger partial charge is 0.416 e. The Kier molecular flexibility index (Phi) is 4.00. The predicted octanol–water partition coefficient (Wildman–Crippen LogP) is 1.96. The van der Waals surface area contributed by atoms with E-state index in [4.69, 9.17) is 0 Å². The van der Waals surface area contributed by atoms with Gasteiger partial charge in [0.1, 0.15) is 11.7 Å². The Bertz CT molecular complexity index is 741. The monoisotopic (exact) mass is 338 g/mol. The third kappa shape index (κ3) is 3.10. The maximum Gasteiger partial charge on any atom is 0.416 e. The first-order valence-corrected chi connectivity index (χ1v) is 7.15. The van der Waals surface area contributed by atoms with E-state index >= 15 is 0 Å². The molecule has 1 atom stereocenters. The summed E-state index contributed by atoms with van der Waals surface area (Å²) in [6.45, 7) is 0.318. The Balaban J connectivity index is 1.69. The Labute approximate surface area is 134 Å². The van der Waals surface area contributed by atoms with Gasteiger partial charge in [-0.1, -0.05) is 0 Å². The first-order valence-electron chi connectivity index (χ1n) is 7.15. The van der Waals surface area contributed by atoms with Crippen molar-refractivity contribution in [2.75, 3.05) is 11.4 Å². The number of hydrogen-bond donors (Lipinski definition) is 2. The van der Waals surface area contributed by atoms with Crippen LogP contribution >= 0.6 is 0 Å². The minimum Gasteiger partial charge on any atom is -0.339 e. The molecule has 1 aromatic carbocycles. The average molecular weight is 338 g/mol. The molecule has 1 fully saturated rings. The highest BCUT2D eigenvalue weighted by molar-refractivity contribution is 6.03. The highest BCUT2D eigenvalue weighted by atomic mass is 19.4. The van der Waals surface area contributed by atoms with Gasteiger partial charge in [-0.25, -0.2) is 0 Å². The van der Waals surface area contributed by atoms with Crippen molar-refractivity contribution in [3.05, 3.63) is 47.8 Å². The van der Waals surface area contributed by atoms with E-state index in [-0.39, 0.29) is 11.6 Å². The molecule has 0 bridgehead atoms. The van der Waals surface area contributed by atoms with Crippen molar-refractivity contribution >= 4 is 17.5 Å². The van der Waals surface area contributed by atoms with Crippen LogP contribution in [0.25, 0.3) is 0 Å². The number of halogens is 3. The number of carbonyl (C=O) groups is 2. The lowest BCUT2D eigenvalue weighted by molar-refractivity contribution is -0.137. The smallest absolute Gasteiger partial charge is 0.339 e. The van der Waals surface area contributed by atoms with Crippen molar-refractivity contribution in [1.82, 2.24) is 15.5 Å². The molecular formula is C15H13F3N4O2. The Hall–Kier alpha value is -2.84. The lowest BCUT2D eigenvalue weighted by Gasteiger charge is -2.18. The molecule has 3 rings (SSSR count). The second-order valence-electron chi connectivity index (χ2n) is 5.32. The van der Waals surface area contributed by atoms with Gasteiger partial charge in [0, 0.05) is 18.4 Å². The molecule has 1 aliphatic heterocycles. The first kappa shape index (κ1) is 16.0. The van der Waals surface area contributed by atoms with Gasteiger partial charge in [0.25, 0.3) is 5.91 Å². The number of alkyl halides is 3. The van der Waals surface area contributed by atoms with Gasteiger partial charge in [0.15, 0.2) is 0 Å². The Morgan fingerprint density at radius 1 is 1.25 bits per heavy atom. The molecule has 6 nitrogen and oxygen atoms in total. The zero-order valence-corrected chi connectivity index (χ0v) is 12.3. The number of carbonyl (C=O) groups excluding carboxylic acids is 2. The summed E-state index contributed by atoms with van der Waals surface area (Å²) in [6.07, 6.45) is -2.63. The maximum absolute atomic E-state index is 12.6. The number of H-pyrrole nitrogens is 1. The highest BCUT2D eigenvalue weighted by Crippen LogP contribution is 2.31. The van der Waals surface area contributed by atoms with Gasteiger partial charge >= 0.3 is 6.18 Å². The van der Waals surface area contributed by atoms with Crippen LogP contribution in [-0.2, 0) is 11.0 Å². The van der Waals surface area contributed by atoms with E-state index < -0.39 is 23.7 Å². The van der Waals surface area contributed by atoms with Gasteiger partial charge < -0.3 is 10.2 Å². The highest BCUT2D eigenvalue weighted by Gasteiger charge is 2.35. The minimum atomic E-state index is -4.42. The Morgan fingerprint density at radius 2 is 1.96 bits per heavy atom. The second kappa shape index (κ2) is 5.99. The molecule has 2 aromatic rings. The van der Waals surface area contributed by atoms with E-state index in [9.17, 15) is 22.8 Å². The molecule has 0 aliphatic carbocycles. The fourth-order valence-electron chi connectivity index (χ4n) is 2.52. The molecule has 2 amide bonds. The molecule has 1 saturated heterocycles. The summed E-state index contributed by atoms with van der Waals surface area (Å²) in [7, 11) is 0. The molecule has 9 heteroatoms. The van der Waals surface area contributed by atoms with Gasteiger partial charge in [-0.3, -0.25) is 14.7 Å². The molecule has 0 saturated carbocycles. The fourth-order valence-corrected chi connectivity index (χ4v) is 2.52. The summed E-state index contributed by atoms with van der Waals surface area (Å²) >= 11 is 0. The number of anilines is 1. The summed E-state index contributed by atoms with van der Waals surface area (Å²) in [5.74, 6) is -0.817. The SMILES string of the molecule is O=C(NC1CCN(c2ccc(C(F)(F)F)cc2)C1=O)c1ccn[nH]1. The fraction of sp³-hybridized carbons (Fsp3) is 0.267. The quantitative estimate of drug-likeness (QED) is 0.898. The first-order chi connectivity index (χ1) is 11.4. The van der Waals surface area contributed by atoms with Gasteiger partial charge in [0.2, 0.25) is 5.91 Å². The number of hydrogen-bond acceptors (Lipinski definition) is 3. The standard InChI is InChI=1S/C15H13F3N4O2/c16-15(17,18)9-1-3-10(4-2-9)22-8-6-12(14(22)24)20-13(23)11-5-7-19-21-11/h1-5,7,12H,6,8H2,(H,19,21)(H,20,23). The normalized spacial score (nSPS) is 18.0. The zero-order valence-electron chi connectivity index (χ0n) is 12.3. The lowest BCUT2D eigenvalue weighted by Crippen LogP contribution is -2.41. The summed E-state index contributed by atoms with van der Waals surface area (Å²) in [4.78, 5) is 25.6. The van der Waals surface area contributed by atoms with E-state index in [1.54, 1.807) is 0 Å². The molecule has 1 unspecified atom stereocenters. The van der Waals surface area contributed by atoms with Crippen LogP contribution in [0.1, 0.15) is 22.5 Å². The van der Waals surface area contributed by atoms with Crippen LogP contribution in [0.5, 0.6) is 0 Å². The summed E-state index contributed by atoms with van der Waals surface area (Å²) in [5.41, 5.74) is -0.177. The van der Waals surface area contributed by atoms with E-state index in [1.165, 1.54) is 29.3 Å². The van der Waals surface area contributed by atoms with Crippen molar-refractivity contribution in [2.45, 2.75) is 18.6 Å². The molecule has 126 valence electrons. The second-order valence-corrected chi connectivity index (χ2v) is 5.32. The summed E-state index contributed by atoms with van der Waals surface area (Å²) in [5, 5.41) is 8.73. The molecule has 0 radical (unpaired) electrons. The molecule has 24 heavy (non-hydrogen) atoms. The van der Waals surface area contributed by atoms with Gasteiger partial charge in [-0.2, -0.15) is 18.3 Å². The Morgan fingerprint density at radius 3 is 2.54 bits per heavy atom. The third-order valence-electron chi connectivity index (χ3n) is 3.76. The maximum atomic E-state index is 12.6. The van der Waals surface area contributed by atoms with Gasteiger partial charge in [-0.15, -0.1) is 0 Å². The van der Waals surface area contributed by atoms with Crippen LogP contribution < -0.4 is 10.2 Å². The van der Waals surface area contributed by atoms with Crippen LogP contribution in [0.2, 0.25) is 0 Å². The van der Waals surface area contributed by atoms with E-state index in [1.807, 2.05) is 0 Å². The summed E-state index contributed by atoms with van der Waals surface area (Å²) in [6, 6.07) is 5.11. The number of aromatic nitrogens is 2. The number of benzene rings is 1. The molecule has 2 N–H and O–H groups in total. The van der Waals surface area contributed by atoms with Crippen LogP contribution in [0.15, 0.2) is 36.5 Å². The number of aromatic amines is 1. The number of nitrogens with one attached hydrogen (secondary N) is 2. The van der Waals surface area contributed by atoms with E-state index in [0.29, 0.717) is 18.7 Å². The van der Waals surface area contributed by atoms with Gasteiger partial charge in [0.05, 0.1) is 5.56 Å².